The zero-order chi connectivity index (χ0) is 16.0. The van der Waals surface area contributed by atoms with Gasteiger partial charge in [-0.15, -0.1) is 0 Å². The van der Waals surface area contributed by atoms with Crippen molar-refractivity contribution in [3.63, 3.8) is 0 Å². The van der Waals surface area contributed by atoms with E-state index in [2.05, 4.69) is 0 Å². The number of carbonyl (C=O) groups is 2. The van der Waals surface area contributed by atoms with Crippen LogP contribution in [-0.4, -0.2) is 41.6 Å². The molecule has 0 atom stereocenters. The van der Waals surface area contributed by atoms with Crippen LogP contribution in [0, 0.1) is 12.8 Å². The van der Waals surface area contributed by atoms with Gasteiger partial charge in [0.25, 0.3) is 0 Å². The number of benzene rings is 1. The fourth-order valence-corrected chi connectivity index (χ4v) is 2.21. The summed E-state index contributed by atoms with van der Waals surface area (Å²) >= 11 is 0. The molecule has 5 heteroatoms. The van der Waals surface area contributed by atoms with Crippen LogP contribution < -0.4 is 4.90 Å². The number of aliphatic carboxylic acids is 1. The van der Waals surface area contributed by atoms with Crippen molar-refractivity contribution in [1.82, 2.24) is 4.90 Å². The first-order valence-electron chi connectivity index (χ1n) is 7.20. The van der Waals surface area contributed by atoms with Crippen LogP contribution in [0.5, 0.6) is 0 Å². The second-order valence-corrected chi connectivity index (χ2v) is 5.53. The molecule has 1 N–H and O–H groups in total. The minimum absolute atomic E-state index is 0.213. The number of carbonyl (C=O) groups excluding carboxylic acids is 1. The smallest absolute Gasteiger partial charge is 0.325 e. The van der Waals surface area contributed by atoms with Crippen molar-refractivity contribution in [1.29, 1.82) is 0 Å². The lowest BCUT2D eigenvalue weighted by Crippen LogP contribution is -2.47. The number of nitrogens with zero attached hydrogens (tertiary/aromatic N) is 2. The Hall–Kier alpha value is -2.04. The highest BCUT2D eigenvalue weighted by atomic mass is 16.4. The monoisotopic (exact) mass is 292 g/mol. The Morgan fingerprint density at radius 3 is 2.43 bits per heavy atom. The van der Waals surface area contributed by atoms with Crippen molar-refractivity contribution in [2.45, 2.75) is 27.7 Å². The Bertz CT molecular complexity index is 500. The maximum absolute atomic E-state index is 12.6. The van der Waals surface area contributed by atoms with Gasteiger partial charge in [-0.2, -0.15) is 0 Å². The fraction of sp³-hybridized carbons (Fsp3) is 0.500. The quantitative estimate of drug-likeness (QED) is 0.876. The van der Waals surface area contributed by atoms with Crippen LogP contribution in [0.25, 0.3) is 0 Å². The van der Waals surface area contributed by atoms with Gasteiger partial charge in [-0.1, -0.05) is 26.0 Å². The molecule has 1 rings (SSSR count). The van der Waals surface area contributed by atoms with Crippen molar-refractivity contribution in [3.05, 3.63) is 29.8 Å². The third kappa shape index (κ3) is 5.10. The Morgan fingerprint density at radius 2 is 1.95 bits per heavy atom. The zero-order valence-electron chi connectivity index (χ0n) is 13.2. The molecule has 116 valence electrons. The van der Waals surface area contributed by atoms with Gasteiger partial charge in [0.2, 0.25) is 0 Å². The number of rotatable bonds is 6. The van der Waals surface area contributed by atoms with E-state index >= 15 is 0 Å². The van der Waals surface area contributed by atoms with E-state index in [1.807, 2.05) is 52.0 Å². The van der Waals surface area contributed by atoms with Gasteiger partial charge in [0.15, 0.2) is 0 Å². The maximum atomic E-state index is 12.6. The number of hydrogen-bond donors (Lipinski definition) is 1. The van der Waals surface area contributed by atoms with E-state index in [-0.39, 0.29) is 18.5 Å². The lowest BCUT2D eigenvalue weighted by molar-refractivity contribution is -0.137. The molecule has 0 aromatic heterocycles. The first kappa shape index (κ1) is 17.0. The van der Waals surface area contributed by atoms with Gasteiger partial charge in [-0.3, -0.25) is 9.69 Å². The van der Waals surface area contributed by atoms with Crippen LogP contribution in [-0.2, 0) is 4.79 Å². The van der Waals surface area contributed by atoms with Gasteiger partial charge in [0, 0.05) is 18.8 Å². The molecule has 5 nitrogen and oxygen atoms in total. The van der Waals surface area contributed by atoms with E-state index in [4.69, 9.17) is 5.11 Å². The van der Waals surface area contributed by atoms with Gasteiger partial charge in [0.05, 0.1) is 0 Å². The van der Waals surface area contributed by atoms with Crippen LogP contribution in [0.2, 0.25) is 0 Å². The minimum atomic E-state index is -0.996. The molecule has 2 amide bonds. The summed E-state index contributed by atoms with van der Waals surface area (Å²) in [4.78, 5) is 26.6. The predicted molar refractivity (Wildman–Crippen MR) is 83.6 cm³/mol. The normalized spacial score (nSPS) is 10.5. The van der Waals surface area contributed by atoms with Gasteiger partial charge < -0.3 is 10.0 Å². The number of carboxylic acids is 1. The SMILES string of the molecule is CCN(C(=O)N(CC(=O)O)CC(C)C)c1cccc(C)c1. The number of carboxylic acid groups (broad SMARTS) is 1. The molecule has 0 radical (unpaired) electrons. The lowest BCUT2D eigenvalue weighted by atomic mass is 10.2. The average molecular weight is 292 g/mol. The topological polar surface area (TPSA) is 60.9 Å². The Balaban J connectivity index is 3.00. The largest absolute Gasteiger partial charge is 0.480 e. The fourth-order valence-electron chi connectivity index (χ4n) is 2.21. The van der Waals surface area contributed by atoms with E-state index < -0.39 is 5.97 Å². The Labute approximate surface area is 126 Å². The summed E-state index contributed by atoms with van der Waals surface area (Å²) in [5, 5.41) is 9.00. The Morgan fingerprint density at radius 1 is 1.29 bits per heavy atom. The molecule has 0 saturated carbocycles. The molecule has 0 bridgehead atoms. The van der Waals surface area contributed by atoms with Gasteiger partial charge in [-0.25, -0.2) is 4.79 Å². The van der Waals surface area contributed by atoms with Crippen molar-refractivity contribution in [3.8, 4) is 0 Å². The first-order chi connectivity index (χ1) is 9.85. The van der Waals surface area contributed by atoms with Crippen molar-refractivity contribution < 1.29 is 14.7 Å². The van der Waals surface area contributed by atoms with E-state index in [1.54, 1.807) is 4.90 Å². The van der Waals surface area contributed by atoms with Gasteiger partial charge in [-0.05, 0) is 37.5 Å². The molecule has 0 aliphatic rings. The summed E-state index contributed by atoms with van der Waals surface area (Å²) in [7, 11) is 0. The van der Waals surface area contributed by atoms with E-state index in [0.717, 1.165) is 11.3 Å². The molecular weight excluding hydrogens is 268 g/mol. The Kier molecular flexibility index (Phi) is 6.21. The van der Waals surface area contributed by atoms with E-state index in [9.17, 15) is 9.59 Å². The van der Waals surface area contributed by atoms with Crippen molar-refractivity contribution in [2.24, 2.45) is 5.92 Å². The molecule has 0 aliphatic heterocycles. The maximum Gasteiger partial charge on any atom is 0.325 e. The molecule has 0 aliphatic carbocycles. The summed E-state index contributed by atoms with van der Waals surface area (Å²) in [5.74, 6) is -0.784. The second kappa shape index (κ2) is 7.67. The zero-order valence-corrected chi connectivity index (χ0v) is 13.2. The number of anilines is 1. The highest BCUT2D eigenvalue weighted by Gasteiger charge is 2.23. The predicted octanol–water partition coefficient (Wildman–Crippen LogP) is 2.98. The lowest BCUT2D eigenvalue weighted by Gasteiger charge is -2.30. The van der Waals surface area contributed by atoms with Crippen LogP contribution in [0.1, 0.15) is 26.3 Å². The molecule has 1 aromatic rings. The second-order valence-electron chi connectivity index (χ2n) is 5.53. The number of urea groups is 1. The van der Waals surface area contributed by atoms with Gasteiger partial charge >= 0.3 is 12.0 Å². The molecule has 0 saturated heterocycles. The average Bonchev–Trinajstić information content (AvgIpc) is 2.37. The molecule has 0 unspecified atom stereocenters. The summed E-state index contributed by atoms with van der Waals surface area (Å²) < 4.78 is 0. The van der Waals surface area contributed by atoms with Crippen LogP contribution in [0.4, 0.5) is 10.5 Å². The highest BCUT2D eigenvalue weighted by Crippen LogP contribution is 2.18. The minimum Gasteiger partial charge on any atom is -0.480 e. The van der Waals surface area contributed by atoms with E-state index in [0.29, 0.717) is 13.1 Å². The van der Waals surface area contributed by atoms with E-state index in [1.165, 1.54) is 4.90 Å². The summed E-state index contributed by atoms with van der Waals surface area (Å²) in [6, 6.07) is 7.38. The summed E-state index contributed by atoms with van der Waals surface area (Å²) in [5.41, 5.74) is 1.86. The number of hydrogen-bond acceptors (Lipinski definition) is 2. The molecular formula is C16H24N2O3. The van der Waals surface area contributed by atoms with Crippen LogP contribution in [0.3, 0.4) is 0 Å². The molecule has 0 fully saturated rings. The molecule has 0 heterocycles. The standard InChI is InChI=1S/C16H24N2O3/c1-5-18(14-8-6-7-13(4)9-14)16(21)17(10-12(2)3)11-15(19)20/h6-9,12H,5,10-11H2,1-4H3,(H,19,20). The molecule has 21 heavy (non-hydrogen) atoms. The molecule has 0 spiro atoms. The summed E-state index contributed by atoms with van der Waals surface area (Å²) in [6.07, 6.45) is 0. The highest BCUT2D eigenvalue weighted by molar-refractivity contribution is 5.93. The number of aryl methyl sites for hydroxylation is 1. The summed E-state index contributed by atoms with van der Waals surface area (Å²) in [6.45, 7) is 8.42. The number of amides is 2. The third-order valence-corrected chi connectivity index (χ3v) is 3.04. The van der Waals surface area contributed by atoms with Crippen molar-refractivity contribution >= 4 is 17.7 Å². The van der Waals surface area contributed by atoms with Crippen LogP contribution >= 0.6 is 0 Å². The van der Waals surface area contributed by atoms with Crippen LogP contribution in [0.15, 0.2) is 24.3 Å². The third-order valence-electron chi connectivity index (χ3n) is 3.04. The van der Waals surface area contributed by atoms with Gasteiger partial charge in [0.1, 0.15) is 6.54 Å². The first-order valence-corrected chi connectivity index (χ1v) is 7.20. The van der Waals surface area contributed by atoms with Crippen molar-refractivity contribution in [2.75, 3.05) is 24.5 Å². The molecule has 1 aromatic carbocycles.